The van der Waals surface area contributed by atoms with E-state index in [0.29, 0.717) is 31.0 Å². The Labute approximate surface area is 160 Å². The van der Waals surface area contributed by atoms with Crippen LogP contribution in [0.3, 0.4) is 0 Å². The fourth-order valence-corrected chi connectivity index (χ4v) is 4.63. The zero-order valence-corrected chi connectivity index (χ0v) is 16.3. The third kappa shape index (κ3) is 3.86. The van der Waals surface area contributed by atoms with E-state index < -0.39 is 5.41 Å². The van der Waals surface area contributed by atoms with Gasteiger partial charge in [-0.3, -0.25) is 15.0 Å². The highest BCUT2D eigenvalue weighted by molar-refractivity contribution is 5.96. The third-order valence-electron chi connectivity index (χ3n) is 5.98. The molecule has 1 aliphatic carbocycles. The first-order valence-electron chi connectivity index (χ1n) is 9.57. The zero-order valence-electron chi connectivity index (χ0n) is 16.3. The van der Waals surface area contributed by atoms with Crippen LogP contribution in [-0.2, 0) is 14.3 Å². The number of allylic oxidation sites excluding steroid dienone is 2. The van der Waals surface area contributed by atoms with Gasteiger partial charge in [-0.25, -0.2) is 0 Å². The summed E-state index contributed by atoms with van der Waals surface area (Å²) in [5.74, 6) is 0.114. The number of hydrogen-bond acceptors (Lipinski definition) is 6. The van der Waals surface area contributed by atoms with Gasteiger partial charge in [0.15, 0.2) is 5.78 Å². The van der Waals surface area contributed by atoms with E-state index in [1.807, 2.05) is 43.5 Å². The van der Waals surface area contributed by atoms with Crippen LogP contribution in [0.5, 0.6) is 0 Å². The highest BCUT2D eigenvalue weighted by Gasteiger charge is 2.54. The highest BCUT2D eigenvalue weighted by Crippen LogP contribution is 2.47. The Morgan fingerprint density at radius 3 is 2.70 bits per heavy atom. The fourth-order valence-electron chi connectivity index (χ4n) is 4.63. The number of piperidine rings is 1. The number of likely N-dealkylation sites (tertiary alicyclic amines) is 1. The smallest absolute Gasteiger partial charge is 0.313 e. The highest BCUT2D eigenvalue weighted by atomic mass is 16.5. The summed E-state index contributed by atoms with van der Waals surface area (Å²) >= 11 is 0. The van der Waals surface area contributed by atoms with Crippen molar-refractivity contribution in [2.24, 2.45) is 17.3 Å². The second-order valence-electron chi connectivity index (χ2n) is 7.68. The molecule has 146 valence electrons. The van der Waals surface area contributed by atoms with Crippen molar-refractivity contribution in [3.05, 3.63) is 42.1 Å². The van der Waals surface area contributed by atoms with Gasteiger partial charge in [-0.2, -0.15) is 0 Å². The molecule has 0 radical (unpaired) electrons. The van der Waals surface area contributed by atoms with Gasteiger partial charge in [0.25, 0.3) is 0 Å². The number of ketones is 1. The second-order valence-corrected chi connectivity index (χ2v) is 7.68. The van der Waals surface area contributed by atoms with Gasteiger partial charge in [-0.1, -0.05) is 37.6 Å². The van der Waals surface area contributed by atoms with Crippen molar-refractivity contribution in [2.75, 3.05) is 32.7 Å². The first-order chi connectivity index (χ1) is 13.0. The first-order valence-corrected chi connectivity index (χ1v) is 9.57. The molecular weight excluding hydrogens is 342 g/mol. The van der Waals surface area contributed by atoms with E-state index in [1.54, 1.807) is 0 Å². The SMILES string of the molecule is CCC1CN(C)CC2(C(=O)OC)CC=C(NNc3ccccc3)C(=O)CC12. The minimum absolute atomic E-state index is 0.00840. The molecule has 0 amide bonds. The van der Waals surface area contributed by atoms with Crippen molar-refractivity contribution >= 4 is 17.4 Å². The molecule has 2 N–H and O–H groups in total. The van der Waals surface area contributed by atoms with Gasteiger partial charge in [0.2, 0.25) is 0 Å². The maximum absolute atomic E-state index is 13.0. The molecule has 6 nitrogen and oxygen atoms in total. The number of anilines is 1. The minimum Gasteiger partial charge on any atom is -0.469 e. The summed E-state index contributed by atoms with van der Waals surface area (Å²) in [7, 11) is 3.48. The molecule has 1 saturated heterocycles. The van der Waals surface area contributed by atoms with Crippen LogP contribution < -0.4 is 10.9 Å². The molecule has 6 heteroatoms. The normalized spacial score (nSPS) is 28.6. The number of hydrazine groups is 1. The van der Waals surface area contributed by atoms with Crippen LogP contribution in [0.2, 0.25) is 0 Å². The number of fused-ring (bicyclic) bond motifs is 1. The molecule has 0 saturated carbocycles. The monoisotopic (exact) mass is 371 g/mol. The van der Waals surface area contributed by atoms with E-state index in [4.69, 9.17) is 4.74 Å². The lowest BCUT2D eigenvalue weighted by atomic mass is 9.63. The van der Waals surface area contributed by atoms with Crippen molar-refractivity contribution in [3.8, 4) is 0 Å². The van der Waals surface area contributed by atoms with Gasteiger partial charge < -0.3 is 15.1 Å². The molecule has 0 aromatic heterocycles. The summed E-state index contributed by atoms with van der Waals surface area (Å²) in [6.07, 6.45) is 3.65. The lowest BCUT2D eigenvalue weighted by Gasteiger charge is -2.48. The van der Waals surface area contributed by atoms with E-state index in [9.17, 15) is 9.59 Å². The van der Waals surface area contributed by atoms with Gasteiger partial charge in [0, 0.05) is 19.5 Å². The molecule has 2 aliphatic rings. The number of rotatable bonds is 5. The van der Waals surface area contributed by atoms with E-state index >= 15 is 0 Å². The molecule has 1 aromatic rings. The quantitative estimate of drug-likeness (QED) is 0.612. The van der Waals surface area contributed by atoms with Crippen molar-refractivity contribution < 1.29 is 14.3 Å². The summed E-state index contributed by atoms with van der Waals surface area (Å²) in [6, 6.07) is 9.64. The zero-order chi connectivity index (χ0) is 19.4. The molecule has 1 aliphatic heterocycles. The van der Waals surface area contributed by atoms with Crippen LogP contribution in [0.25, 0.3) is 0 Å². The van der Waals surface area contributed by atoms with Crippen molar-refractivity contribution in [3.63, 3.8) is 0 Å². The molecule has 3 rings (SSSR count). The Bertz CT molecular complexity index is 719. The number of nitrogens with zero attached hydrogens (tertiary/aromatic N) is 1. The molecule has 3 unspecified atom stereocenters. The number of esters is 1. The summed E-state index contributed by atoms with van der Waals surface area (Å²) in [4.78, 5) is 28.0. The number of Topliss-reactive ketones (excluding diaryl/α,β-unsaturated/α-hetero) is 1. The Balaban J connectivity index is 1.87. The average molecular weight is 371 g/mol. The number of para-hydroxylation sites is 1. The molecule has 27 heavy (non-hydrogen) atoms. The van der Waals surface area contributed by atoms with E-state index in [0.717, 1.165) is 18.7 Å². The van der Waals surface area contributed by atoms with E-state index in [2.05, 4.69) is 22.7 Å². The van der Waals surface area contributed by atoms with E-state index in [1.165, 1.54) is 7.11 Å². The van der Waals surface area contributed by atoms with Gasteiger partial charge in [-0.15, -0.1) is 0 Å². The fraction of sp³-hybridized carbons (Fsp3) is 0.524. The molecule has 0 spiro atoms. The Kier molecular flexibility index (Phi) is 5.85. The van der Waals surface area contributed by atoms with Gasteiger partial charge in [-0.05, 0) is 37.4 Å². The Hall–Kier alpha value is -2.34. The number of hydrogen-bond donors (Lipinski definition) is 2. The van der Waals surface area contributed by atoms with Gasteiger partial charge in [0.1, 0.15) is 0 Å². The Morgan fingerprint density at radius 1 is 1.30 bits per heavy atom. The van der Waals surface area contributed by atoms with Gasteiger partial charge >= 0.3 is 5.97 Å². The molecule has 1 fully saturated rings. The number of carbonyl (C=O) groups is 2. The molecule has 0 bridgehead atoms. The predicted octanol–water partition coefficient (Wildman–Crippen LogP) is 2.60. The minimum atomic E-state index is -0.672. The molecule has 1 heterocycles. The maximum Gasteiger partial charge on any atom is 0.313 e. The molecule has 3 atom stereocenters. The number of benzene rings is 1. The molecule has 1 aromatic carbocycles. The lowest BCUT2D eigenvalue weighted by molar-refractivity contribution is -0.164. The summed E-state index contributed by atoms with van der Waals surface area (Å²) < 4.78 is 5.20. The van der Waals surface area contributed by atoms with Gasteiger partial charge in [0.05, 0.1) is 23.9 Å². The maximum atomic E-state index is 13.0. The standard InChI is InChI=1S/C21H29N3O3/c1-4-15-13-24(2)14-21(20(26)27-3)11-10-18(19(25)12-17(15)21)23-22-16-8-6-5-7-9-16/h5-10,15,17,22-23H,4,11-14H2,1-3H3. The van der Waals surface area contributed by atoms with Crippen LogP contribution in [0.4, 0.5) is 5.69 Å². The van der Waals surface area contributed by atoms with Crippen LogP contribution in [-0.4, -0.2) is 43.9 Å². The van der Waals surface area contributed by atoms with Crippen LogP contribution in [0.1, 0.15) is 26.2 Å². The third-order valence-corrected chi connectivity index (χ3v) is 5.98. The van der Waals surface area contributed by atoms with E-state index in [-0.39, 0.29) is 17.7 Å². The van der Waals surface area contributed by atoms with Crippen LogP contribution in [0, 0.1) is 17.3 Å². The van der Waals surface area contributed by atoms with Crippen molar-refractivity contribution in [2.45, 2.75) is 26.2 Å². The summed E-state index contributed by atoms with van der Waals surface area (Å²) in [5.41, 5.74) is 6.86. The summed E-state index contributed by atoms with van der Waals surface area (Å²) in [6.45, 7) is 3.65. The number of ether oxygens (including phenoxy) is 1. The first kappa shape index (κ1) is 19.4. The van der Waals surface area contributed by atoms with Crippen LogP contribution in [0.15, 0.2) is 42.1 Å². The predicted molar refractivity (Wildman–Crippen MR) is 105 cm³/mol. The molecular formula is C21H29N3O3. The van der Waals surface area contributed by atoms with Crippen LogP contribution >= 0.6 is 0 Å². The Morgan fingerprint density at radius 2 is 2.04 bits per heavy atom. The second kappa shape index (κ2) is 8.13. The number of carbonyl (C=O) groups excluding carboxylic acids is 2. The topological polar surface area (TPSA) is 70.7 Å². The average Bonchev–Trinajstić information content (AvgIpc) is 2.83. The summed E-state index contributed by atoms with van der Waals surface area (Å²) in [5, 5.41) is 0. The van der Waals surface area contributed by atoms with Crippen molar-refractivity contribution in [1.82, 2.24) is 10.3 Å². The number of methoxy groups -OCH3 is 1. The largest absolute Gasteiger partial charge is 0.469 e. The van der Waals surface area contributed by atoms with Crippen molar-refractivity contribution in [1.29, 1.82) is 0 Å². The lowest BCUT2D eigenvalue weighted by Crippen LogP contribution is -2.56. The number of nitrogens with one attached hydrogen (secondary N) is 2.